The van der Waals surface area contributed by atoms with Gasteiger partial charge in [0.15, 0.2) is 0 Å². The molecular formula is C9H8N2O2. The first-order chi connectivity index (χ1) is 6.18. The SMILES string of the molecule is Cn1ccc2nc(C(=O)O)ccc21. The van der Waals surface area contributed by atoms with Crippen LogP contribution in [0.15, 0.2) is 24.4 Å². The number of hydrogen-bond acceptors (Lipinski definition) is 2. The summed E-state index contributed by atoms with van der Waals surface area (Å²) in [5, 5.41) is 8.68. The minimum Gasteiger partial charge on any atom is -0.477 e. The van der Waals surface area contributed by atoms with Crippen molar-refractivity contribution in [1.82, 2.24) is 9.55 Å². The van der Waals surface area contributed by atoms with E-state index >= 15 is 0 Å². The lowest BCUT2D eigenvalue weighted by Crippen LogP contribution is -1.99. The molecule has 1 N–H and O–H groups in total. The standard InChI is InChI=1S/C9H8N2O2/c1-11-5-4-6-8(11)3-2-7(10-6)9(12)13/h2-5H,1H3,(H,12,13). The van der Waals surface area contributed by atoms with Gasteiger partial charge in [-0.25, -0.2) is 9.78 Å². The van der Waals surface area contributed by atoms with Gasteiger partial charge in [0.05, 0.1) is 11.0 Å². The molecule has 66 valence electrons. The van der Waals surface area contributed by atoms with Crippen molar-refractivity contribution in [1.29, 1.82) is 0 Å². The minimum absolute atomic E-state index is 0.0821. The van der Waals surface area contributed by atoms with Gasteiger partial charge in [-0.2, -0.15) is 0 Å². The molecule has 0 atom stereocenters. The molecule has 4 heteroatoms. The van der Waals surface area contributed by atoms with E-state index in [0.717, 1.165) is 5.52 Å². The van der Waals surface area contributed by atoms with Crippen LogP contribution >= 0.6 is 0 Å². The van der Waals surface area contributed by atoms with E-state index in [0.29, 0.717) is 5.52 Å². The molecule has 0 saturated heterocycles. The highest BCUT2D eigenvalue weighted by Gasteiger charge is 2.06. The van der Waals surface area contributed by atoms with Gasteiger partial charge in [0.1, 0.15) is 5.69 Å². The Kier molecular flexibility index (Phi) is 1.55. The minimum atomic E-state index is -0.995. The third-order valence-corrected chi connectivity index (χ3v) is 1.96. The number of carboxylic acids is 1. The fourth-order valence-corrected chi connectivity index (χ4v) is 1.27. The summed E-state index contributed by atoms with van der Waals surface area (Å²) in [6, 6.07) is 5.05. The number of aryl methyl sites for hydroxylation is 1. The second-order valence-corrected chi connectivity index (χ2v) is 2.83. The van der Waals surface area contributed by atoms with Crippen molar-refractivity contribution in [2.75, 3.05) is 0 Å². The van der Waals surface area contributed by atoms with Gasteiger partial charge in [-0.1, -0.05) is 0 Å². The highest BCUT2D eigenvalue weighted by Crippen LogP contribution is 2.12. The van der Waals surface area contributed by atoms with Crippen LogP contribution in [0.2, 0.25) is 0 Å². The maximum absolute atomic E-state index is 10.6. The lowest BCUT2D eigenvalue weighted by Gasteiger charge is -1.96. The van der Waals surface area contributed by atoms with E-state index in [1.54, 1.807) is 12.1 Å². The van der Waals surface area contributed by atoms with E-state index in [4.69, 9.17) is 5.11 Å². The van der Waals surface area contributed by atoms with Crippen molar-refractivity contribution >= 4 is 17.0 Å². The van der Waals surface area contributed by atoms with Crippen LogP contribution < -0.4 is 0 Å². The van der Waals surface area contributed by atoms with E-state index in [1.807, 2.05) is 17.8 Å². The van der Waals surface area contributed by atoms with Crippen LogP contribution in [0.3, 0.4) is 0 Å². The molecule has 0 fully saturated rings. The van der Waals surface area contributed by atoms with Crippen LogP contribution in [0.4, 0.5) is 0 Å². The zero-order chi connectivity index (χ0) is 9.42. The molecule has 2 aromatic rings. The molecule has 0 bridgehead atoms. The van der Waals surface area contributed by atoms with Crippen LogP contribution in [0.25, 0.3) is 11.0 Å². The Labute approximate surface area is 74.4 Å². The average molecular weight is 176 g/mol. The number of fused-ring (bicyclic) bond motifs is 1. The van der Waals surface area contributed by atoms with Crippen molar-refractivity contribution < 1.29 is 9.90 Å². The monoisotopic (exact) mass is 176 g/mol. The molecule has 0 aromatic carbocycles. The van der Waals surface area contributed by atoms with Gasteiger partial charge in [0, 0.05) is 13.2 Å². The molecule has 0 amide bonds. The second kappa shape index (κ2) is 2.58. The summed E-state index contributed by atoms with van der Waals surface area (Å²) in [6.45, 7) is 0. The zero-order valence-electron chi connectivity index (χ0n) is 7.06. The van der Waals surface area contributed by atoms with Crippen molar-refractivity contribution in [3.05, 3.63) is 30.1 Å². The Morgan fingerprint density at radius 3 is 2.92 bits per heavy atom. The summed E-state index contributed by atoms with van der Waals surface area (Å²) >= 11 is 0. The summed E-state index contributed by atoms with van der Waals surface area (Å²) in [5.74, 6) is -0.995. The van der Waals surface area contributed by atoms with Crippen LogP contribution in [-0.4, -0.2) is 20.6 Å². The van der Waals surface area contributed by atoms with Crippen LogP contribution in [0.1, 0.15) is 10.5 Å². The number of hydrogen-bond donors (Lipinski definition) is 1. The van der Waals surface area contributed by atoms with E-state index < -0.39 is 5.97 Å². The quantitative estimate of drug-likeness (QED) is 0.711. The van der Waals surface area contributed by atoms with Crippen molar-refractivity contribution in [3.8, 4) is 0 Å². The third kappa shape index (κ3) is 1.16. The molecule has 2 aromatic heterocycles. The van der Waals surface area contributed by atoms with Gasteiger partial charge in [-0.05, 0) is 18.2 Å². The van der Waals surface area contributed by atoms with E-state index in [2.05, 4.69) is 4.98 Å². The molecule has 0 saturated carbocycles. The highest BCUT2D eigenvalue weighted by atomic mass is 16.4. The summed E-state index contributed by atoms with van der Waals surface area (Å²) in [6.07, 6.45) is 1.85. The Bertz CT molecular complexity index is 473. The second-order valence-electron chi connectivity index (χ2n) is 2.83. The number of aromatic nitrogens is 2. The van der Waals surface area contributed by atoms with E-state index in [1.165, 1.54) is 6.07 Å². The van der Waals surface area contributed by atoms with Gasteiger partial charge in [0.25, 0.3) is 0 Å². The first-order valence-corrected chi connectivity index (χ1v) is 3.84. The average Bonchev–Trinajstić information content (AvgIpc) is 2.47. The van der Waals surface area contributed by atoms with Gasteiger partial charge in [-0.3, -0.25) is 0 Å². The van der Waals surface area contributed by atoms with Crippen LogP contribution in [-0.2, 0) is 7.05 Å². The van der Waals surface area contributed by atoms with Gasteiger partial charge < -0.3 is 9.67 Å². The largest absolute Gasteiger partial charge is 0.477 e. The van der Waals surface area contributed by atoms with Gasteiger partial charge >= 0.3 is 5.97 Å². The highest BCUT2D eigenvalue weighted by molar-refractivity contribution is 5.89. The number of carboxylic acid groups (broad SMARTS) is 1. The van der Waals surface area contributed by atoms with Crippen LogP contribution in [0, 0.1) is 0 Å². The first-order valence-electron chi connectivity index (χ1n) is 3.84. The molecule has 2 heterocycles. The predicted molar refractivity (Wildman–Crippen MR) is 47.7 cm³/mol. The Morgan fingerprint density at radius 1 is 1.46 bits per heavy atom. The fourth-order valence-electron chi connectivity index (χ4n) is 1.27. The fraction of sp³-hybridized carbons (Fsp3) is 0.111. The maximum atomic E-state index is 10.6. The Hall–Kier alpha value is -1.84. The Balaban J connectivity index is 2.70. The molecule has 0 aliphatic heterocycles. The van der Waals surface area contributed by atoms with Crippen LogP contribution in [0.5, 0.6) is 0 Å². The number of nitrogens with zero attached hydrogens (tertiary/aromatic N) is 2. The van der Waals surface area contributed by atoms with E-state index in [-0.39, 0.29) is 5.69 Å². The Morgan fingerprint density at radius 2 is 2.23 bits per heavy atom. The molecule has 2 rings (SSSR count). The summed E-state index contributed by atoms with van der Waals surface area (Å²) in [5.41, 5.74) is 1.73. The predicted octanol–water partition coefficient (Wildman–Crippen LogP) is 1.27. The maximum Gasteiger partial charge on any atom is 0.354 e. The number of aromatic carboxylic acids is 1. The topological polar surface area (TPSA) is 55.1 Å². The smallest absolute Gasteiger partial charge is 0.354 e. The molecule has 0 unspecified atom stereocenters. The van der Waals surface area contributed by atoms with Gasteiger partial charge in [0.2, 0.25) is 0 Å². The summed E-state index contributed by atoms with van der Waals surface area (Å²) in [7, 11) is 1.89. The number of rotatable bonds is 1. The van der Waals surface area contributed by atoms with Crippen molar-refractivity contribution in [2.24, 2.45) is 7.05 Å². The molecule has 13 heavy (non-hydrogen) atoms. The van der Waals surface area contributed by atoms with Crippen molar-refractivity contribution in [3.63, 3.8) is 0 Å². The van der Waals surface area contributed by atoms with E-state index in [9.17, 15) is 4.79 Å². The first kappa shape index (κ1) is 7.79. The zero-order valence-corrected chi connectivity index (χ0v) is 7.06. The summed E-state index contributed by atoms with van der Waals surface area (Å²) < 4.78 is 1.90. The van der Waals surface area contributed by atoms with Crippen molar-refractivity contribution in [2.45, 2.75) is 0 Å². The lowest BCUT2D eigenvalue weighted by molar-refractivity contribution is 0.0691. The lowest BCUT2D eigenvalue weighted by atomic mass is 10.3. The molecule has 0 radical (unpaired) electrons. The number of carbonyl (C=O) groups is 1. The third-order valence-electron chi connectivity index (χ3n) is 1.96. The summed E-state index contributed by atoms with van der Waals surface area (Å²) in [4.78, 5) is 14.6. The molecule has 4 nitrogen and oxygen atoms in total. The number of pyridine rings is 1. The molecule has 0 spiro atoms. The van der Waals surface area contributed by atoms with Gasteiger partial charge in [-0.15, -0.1) is 0 Å². The normalized spacial score (nSPS) is 10.5. The molecule has 0 aliphatic rings. The molecular weight excluding hydrogens is 168 g/mol. The molecule has 0 aliphatic carbocycles.